The molecule has 2 amide bonds. The summed E-state index contributed by atoms with van der Waals surface area (Å²) in [5, 5.41) is 9.50. The lowest BCUT2D eigenvalue weighted by molar-refractivity contribution is -0.155. The van der Waals surface area contributed by atoms with Gasteiger partial charge in [-0.15, -0.1) is 0 Å². The highest BCUT2D eigenvalue weighted by atomic mass is 16.4. The number of carboxylic acid groups (broad SMARTS) is 1. The maximum absolute atomic E-state index is 12.8. The number of carbonyl (C=O) groups is 3. The average Bonchev–Trinajstić information content (AvgIpc) is 3.22. The monoisotopic (exact) mass is 303 g/mol. The second-order valence-electron chi connectivity index (χ2n) is 7.68. The molecular formula is C17H21NO4. The fourth-order valence-corrected chi connectivity index (χ4v) is 5.05. The summed E-state index contributed by atoms with van der Waals surface area (Å²) in [7, 11) is 0. The quantitative estimate of drug-likeness (QED) is 0.631. The van der Waals surface area contributed by atoms with Gasteiger partial charge in [-0.3, -0.25) is 14.5 Å². The van der Waals surface area contributed by atoms with Crippen LogP contribution in [-0.4, -0.2) is 33.8 Å². The van der Waals surface area contributed by atoms with Crippen LogP contribution in [0.1, 0.15) is 26.7 Å². The molecule has 2 bridgehead atoms. The zero-order valence-electron chi connectivity index (χ0n) is 12.8. The van der Waals surface area contributed by atoms with Crippen molar-refractivity contribution >= 4 is 17.8 Å². The van der Waals surface area contributed by atoms with Crippen LogP contribution in [0.2, 0.25) is 0 Å². The number of hydrogen-bond donors (Lipinski definition) is 1. The third kappa shape index (κ3) is 1.68. The Hall–Kier alpha value is -1.65. The summed E-state index contributed by atoms with van der Waals surface area (Å²) in [4.78, 5) is 38.4. The van der Waals surface area contributed by atoms with E-state index < -0.39 is 12.0 Å². The van der Waals surface area contributed by atoms with E-state index in [0.717, 1.165) is 11.3 Å². The van der Waals surface area contributed by atoms with Crippen molar-refractivity contribution in [1.29, 1.82) is 0 Å². The Morgan fingerprint density at radius 2 is 1.68 bits per heavy atom. The van der Waals surface area contributed by atoms with Crippen LogP contribution in [0.15, 0.2) is 12.2 Å². The first-order valence-corrected chi connectivity index (χ1v) is 8.20. The number of aliphatic carboxylic acids is 1. The van der Waals surface area contributed by atoms with Gasteiger partial charge in [0.05, 0.1) is 11.8 Å². The van der Waals surface area contributed by atoms with Gasteiger partial charge >= 0.3 is 5.97 Å². The topological polar surface area (TPSA) is 74.7 Å². The Bertz CT molecular complexity index is 559. The molecule has 0 unspecified atom stereocenters. The second kappa shape index (κ2) is 4.43. The van der Waals surface area contributed by atoms with Crippen molar-refractivity contribution in [3.05, 3.63) is 12.2 Å². The molecule has 1 heterocycles. The highest BCUT2D eigenvalue weighted by Gasteiger charge is 2.67. The molecule has 7 atom stereocenters. The predicted octanol–water partition coefficient (Wildman–Crippen LogP) is 1.54. The lowest BCUT2D eigenvalue weighted by atomic mass is 9.63. The largest absolute Gasteiger partial charge is 0.480 e. The highest BCUT2D eigenvalue weighted by molar-refractivity contribution is 6.08. The minimum atomic E-state index is -1.07. The summed E-state index contributed by atoms with van der Waals surface area (Å²) in [6.45, 7) is 3.82. The van der Waals surface area contributed by atoms with Crippen LogP contribution in [0.3, 0.4) is 0 Å². The molecule has 5 rings (SSSR count). The van der Waals surface area contributed by atoms with Gasteiger partial charge in [0, 0.05) is 0 Å². The fraction of sp³-hybridized carbons (Fsp3) is 0.706. The Morgan fingerprint density at radius 1 is 1.18 bits per heavy atom. The number of hydrogen-bond acceptors (Lipinski definition) is 3. The van der Waals surface area contributed by atoms with E-state index >= 15 is 0 Å². The third-order valence-electron chi connectivity index (χ3n) is 5.99. The first kappa shape index (κ1) is 14.0. The van der Waals surface area contributed by atoms with E-state index in [1.807, 2.05) is 13.8 Å². The molecule has 0 spiro atoms. The van der Waals surface area contributed by atoms with E-state index in [2.05, 4.69) is 12.2 Å². The van der Waals surface area contributed by atoms with Crippen LogP contribution in [0.5, 0.6) is 0 Å². The molecule has 118 valence electrons. The van der Waals surface area contributed by atoms with Crippen molar-refractivity contribution in [3.8, 4) is 0 Å². The van der Waals surface area contributed by atoms with E-state index in [1.165, 1.54) is 0 Å². The number of nitrogens with zero attached hydrogens (tertiary/aromatic N) is 1. The number of allylic oxidation sites excluding steroid dienone is 2. The van der Waals surface area contributed by atoms with E-state index in [0.29, 0.717) is 18.3 Å². The number of amides is 2. The summed E-state index contributed by atoms with van der Waals surface area (Å²) < 4.78 is 0. The smallest absolute Gasteiger partial charge is 0.326 e. The molecule has 22 heavy (non-hydrogen) atoms. The van der Waals surface area contributed by atoms with Gasteiger partial charge in [-0.2, -0.15) is 0 Å². The van der Waals surface area contributed by atoms with Crippen molar-refractivity contribution in [3.63, 3.8) is 0 Å². The molecule has 5 heteroatoms. The van der Waals surface area contributed by atoms with Gasteiger partial charge < -0.3 is 5.11 Å². The van der Waals surface area contributed by atoms with Crippen molar-refractivity contribution in [2.45, 2.75) is 32.7 Å². The Kier molecular flexibility index (Phi) is 2.81. The van der Waals surface area contributed by atoms with Crippen molar-refractivity contribution in [1.82, 2.24) is 4.90 Å². The number of imide groups is 1. The zero-order valence-corrected chi connectivity index (χ0v) is 12.8. The predicted molar refractivity (Wildman–Crippen MR) is 77.4 cm³/mol. The first-order valence-electron chi connectivity index (χ1n) is 8.20. The molecule has 1 N–H and O–H groups in total. The third-order valence-corrected chi connectivity index (χ3v) is 5.99. The van der Waals surface area contributed by atoms with Gasteiger partial charge in [0.2, 0.25) is 11.8 Å². The van der Waals surface area contributed by atoms with E-state index in [4.69, 9.17) is 0 Å². The number of rotatable bonds is 4. The maximum Gasteiger partial charge on any atom is 0.326 e. The number of carbonyl (C=O) groups excluding carboxylic acids is 2. The van der Waals surface area contributed by atoms with E-state index in [9.17, 15) is 19.5 Å². The molecule has 4 aliphatic carbocycles. The van der Waals surface area contributed by atoms with Crippen LogP contribution < -0.4 is 0 Å². The van der Waals surface area contributed by atoms with Crippen molar-refractivity contribution < 1.29 is 19.5 Å². The van der Waals surface area contributed by atoms with Gasteiger partial charge in [-0.1, -0.05) is 26.0 Å². The van der Waals surface area contributed by atoms with E-state index in [-0.39, 0.29) is 41.4 Å². The molecular weight excluding hydrogens is 282 g/mol. The second-order valence-corrected chi connectivity index (χ2v) is 7.68. The van der Waals surface area contributed by atoms with Crippen molar-refractivity contribution in [2.75, 3.05) is 0 Å². The van der Waals surface area contributed by atoms with E-state index in [1.54, 1.807) is 0 Å². The number of likely N-dealkylation sites (tertiary alicyclic amines) is 1. The van der Waals surface area contributed by atoms with Gasteiger partial charge in [0.15, 0.2) is 0 Å². The zero-order chi connectivity index (χ0) is 15.8. The summed E-state index contributed by atoms with van der Waals surface area (Å²) in [6.07, 6.45) is 5.64. The van der Waals surface area contributed by atoms with Crippen LogP contribution in [0.4, 0.5) is 0 Å². The van der Waals surface area contributed by atoms with Crippen LogP contribution in [0, 0.1) is 41.4 Å². The Morgan fingerprint density at radius 3 is 2.09 bits per heavy atom. The lowest BCUT2D eigenvalue weighted by Gasteiger charge is -2.37. The minimum absolute atomic E-state index is 0.118. The van der Waals surface area contributed by atoms with Gasteiger partial charge in [-0.05, 0) is 42.4 Å². The van der Waals surface area contributed by atoms with Crippen LogP contribution in [-0.2, 0) is 14.4 Å². The Balaban J connectivity index is 1.68. The first-order chi connectivity index (χ1) is 10.4. The molecule has 1 saturated heterocycles. The molecule has 5 aliphatic rings. The van der Waals surface area contributed by atoms with Crippen molar-refractivity contribution in [2.24, 2.45) is 41.4 Å². The lowest BCUT2D eigenvalue weighted by Crippen LogP contribution is -2.46. The number of carboxylic acids is 1. The van der Waals surface area contributed by atoms with Crippen LogP contribution >= 0.6 is 0 Å². The average molecular weight is 303 g/mol. The summed E-state index contributed by atoms with van der Waals surface area (Å²) in [5.41, 5.74) is 0. The SMILES string of the molecule is CC(C)C[C@@H](C(=O)O)N1C(=O)[C@@H]2[C@@H]3C=C[C@H]([C@H]4C[C@@H]34)[C@@H]2C1=O. The van der Waals surface area contributed by atoms with Gasteiger partial charge in [0.25, 0.3) is 0 Å². The molecule has 0 radical (unpaired) electrons. The Labute approximate surface area is 129 Å². The molecule has 0 aromatic rings. The molecule has 3 fully saturated rings. The summed E-state index contributed by atoms with van der Waals surface area (Å²) in [6, 6.07) is -1.01. The maximum atomic E-state index is 12.8. The summed E-state index contributed by atoms with van der Waals surface area (Å²) >= 11 is 0. The molecule has 2 saturated carbocycles. The molecule has 0 aromatic carbocycles. The highest BCUT2D eigenvalue weighted by Crippen LogP contribution is 2.65. The normalized spacial score (nSPS) is 42.6. The molecule has 5 nitrogen and oxygen atoms in total. The van der Waals surface area contributed by atoms with Gasteiger partial charge in [0.1, 0.15) is 6.04 Å². The summed E-state index contributed by atoms with van der Waals surface area (Å²) in [5.74, 6) is -0.666. The van der Waals surface area contributed by atoms with Crippen LogP contribution in [0.25, 0.3) is 0 Å². The standard InChI is InChI=1S/C17H21NO4/c1-7(2)5-12(17(21)22)18-15(19)13-8-3-4-9(11-6-10(8)11)14(13)16(18)20/h3-4,7-14H,5-6H2,1-2H3,(H,21,22)/t8-,9-,10-,11+,12+,13+,14-/m1/s1. The molecule has 1 aliphatic heterocycles. The fourth-order valence-electron chi connectivity index (χ4n) is 5.05. The van der Waals surface area contributed by atoms with Gasteiger partial charge in [-0.25, -0.2) is 4.79 Å². The minimum Gasteiger partial charge on any atom is -0.480 e. The molecule has 0 aromatic heterocycles.